The third kappa shape index (κ3) is 4.80. The second kappa shape index (κ2) is 9.93. The predicted molar refractivity (Wildman–Crippen MR) is 134 cm³/mol. The summed E-state index contributed by atoms with van der Waals surface area (Å²) in [4.78, 5) is 26.7. The number of anilines is 1. The lowest BCUT2D eigenvalue weighted by molar-refractivity contribution is -0.112. The molecule has 3 aromatic rings. The molecule has 2 aliphatic rings. The first kappa shape index (κ1) is 23.1. The molecule has 0 spiro atoms. The zero-order valence-electron chi connectivity index (χ0n) is 19.5. The van der Waals surface area contributed by atoms with E-state index < -0.39 is 11.9 Å². The Kier molecular flexibility index (Phi) is 6.56. The molecule has 2 aliphatic carbocycles. The van der Waals surface area contributed by atoms with Gasteiger partial charge in [0.15, 0.2) is 0 Å². The van der Waals surface area contributed by atoms with Crippen LogP contribution in [-0.4, -0.2) is 18.5 Å². The van der Waals surface area contributed by atoms with Gasteiger partial charge < -0.3 is 14.5 Å². The van der Waals surface area contributed by atoms with E-state index in [0.29, 0.717) is 28.2 Å². The molecule has 0 aliphatic heterocycles. The monoisotopic (exact) mass is 486 g/mol. The summed E-state index contributed by atoms with van der Waals surface area (Å²) >= 11 is 1.40. The van der Waals surface area contributed by atoms with Gasteiger partial charge in [0.05, 0.1) is 12.2 Å². The van der Waals surface area contributed by atoms with Crippen molar-refractivity contribution in [2.45, 2.75) is 50.9 Å². The first-order chi connectivity index (χ1) is 17.1. The maximum atomic E-state index is 13.0. The number of aryl methyl sites for hydroxylation is 1. The van der Waals surface area contributed by atoms with Gasteiger partial charge in [-0.15, -0.1) is 11.3 Å². The fraction of sp³-hybridized carbons (Fsp3) is 0.321. The number of ether oxygens (including phenoxy) is 1. The van der Waals surface area contributed by atoms with Gasteiger partial charge >= 0.3 is 5.97 Å². The minimum atomic E-state index is -0.567. The van der Waals surface area contributed by atoms with Crippen molar-refractivity contribution in [3.05, 3.63) is 81.1 Å². The smallest absolute Gasteiger partial charge is 0.341 e. The Balaban J connectivity index is 1.33. The molecule has 1 fully saturated rings. The molecule has 0 bridgehead atoms. The Morgan fingerprint density at radius 3 is 2.74 bits per heavy atom. The molecule has 1 amide bonds. The standard InChI is InChI=1S/C28H26N2O4S/c1-2-33-28(32)25-20-10-6-7-11-24(20)35-27(25)30-26(31)18(16-29)14-19-12-13-23(34-19)22-15-21(22)17-8-4-3-5-9-17/h3-5,8-9,12-14,21-22H,2,6-7,10-11,15H2,1H3,(H,30,31)/b18-14+. The van der Waals surface area contributed by atoms with Gasteiger partial charge in [-0.3, -0.25) is 4.79 Å². The number of nitrogens with one attached hydrogen (secondary N) is 1. The fourth-order valence-electron chi connectivity index (χ4n) is 4.76. The second-order valence-corrected chi connectivity index (χ2v) is 9.96. The molecule has 2 aromatic heterocycles. The number of esters is 1. The summed E-state index contributed by atoms with van der Waals surface area (Å²) in [5.74, 6) is 1.06. The van der Waals surface area contributed by atoms with Crippen LogP contribution in [0.1, 0.15) is 75.9 Å². The molecule has 1 saturated carbocycles. The molecule has 2 heterocycles. The van der Waals surface area contributed by atoms with Gasteiger partial charge in [-0.2, -0.15) is 5.26 Å². The number of nitriles is 1. The first-order valence-electron chi connectivity index (χ1n) is 12.0. The van der Waals surface area contributed by atoms with E-state index in [2.05, 4.69) is 17.4 Å². The third-order valence-corrected chi connectivity index (χ3v) is 7.77. The molecule has 178 valence electrons. The summed E-state index contributed by atoms with van der Waals surface area (Å²) < 4.78 is 11.2. The number of hydrogen-bond donors (Lipinski definition) is 1. The van der Waals surface area contributed by atoms with Crippen molar-refractivity contribution in [3.63, 3.8) is 0 Å². The molecule has 5 rings (SSSR count). The van der Waals surface area contributed by atoms with Gasteiger partial charge in [0.25, 0.3) is 5.91 Å². The van der Waals surface area contributed by atoms with Crippen LogP contribution >= 0.6 is 11.3 Å². The molecule has 0 saturated heterocycles. The largest absolute Gasteiger partial charge is 0.462 e. The van der Waals surface area contributed by atoms with Gasteiger partial charge in [-0.25, -0.2) is 4.79 Å². The Labute approximate surface area is 208 Å². The summed E-state index contributed by atoms with van der Waals surface area (Å²) in [6.07, 6.45) is 6.20. The van der Waals surface area contributed by atoms with E-state index in [1.54, 1.807) is 13.0 Å². The van der Waals surface area contributed by atoms with Crippen molar-refractivity contribution in [1.29, 1.82) is 5.26 Å². The van der Waals surface area contributed by atoms with Crippen LogP contribution < -0.4 is 5.32 Å². The van der Waals surface area contributed by atoms with E-state index in [0.717, 1.165) is 48.3 Å². The molecule has 7 heteroatoms. The number of benzene rings is 1. The van der Waals surface area contributed by atoms with Crippen LogP contribution in [0.4, 0.5) is 5.00 Å². The van der Waals surface area contributed by atoms with Crippen molar-refractivity contribution in [1.82, 2.24) is 0 Å². The highest BCUT2D eigenvalue weighted by molar-refractivity contribution is 7.17. The molecule has 1 aromatic carbocycles. The first-order valence-corrected chi connectivity index (χ1v) is 12.8. The number of thiophene rings is 1. The maximum Gasteiger partial charge on any atom is 0.341 e. The number of carbonyl (C=O) groups excluding carboxylic acids is 2. The molecule has 35 heavy (non-hydrogen) atoms. The van der Waals surface area contributed by atoms with Gasteiger partial charge in [-0.05, 0) is 68.2 Å². The van der Waals surface area contributed by atoms with Crippen molar-refractivity contribution in [2.75, 3.05) is 11.9 Å². The van der Waals surface area contributed by atoms with Crippen LogP contribution in [0.25, 0.3) is 6.08 Å². The number of fused-ring (bicyclic) bond motifs is 1. The van der Waals surface area contributed by atoms with Crippen molar-refractivity contribution in [2.24, 2.45) is 0 Å². The summed E-state index contributed by atoms with van der Waals surface area (Å²) in [6, 6.07) is 16.0. The topological polar surface area (TPSA) is 92.3 Å². The van der Waals surface area contributed by atoms with Gasteiger partial charge in [0.2, 0.25) is 0 Å². The highest BCUT2D eigenvalue weighted by Gasteiger charge is 2.41. The summed E-state index contributed by atoms with van der Waals surface area (Å²) in [6.45, 7) is 2.01. The lowest BCUT2D eigenvalue weighted by Gasteiger charge is -2.12. The molecular formula is C28H26N2O4S. The fourth-order valence-corrected chi connectivity index (χ4v) is 6.03. The van der Waals surface area contributed by atoms with E-state index in [1.165, 1.54) is 23.0 Å². The summed E-state index contributed by atoms with van der Waals surface area (Å²) in [7, 11) is 0. The van der Waals surface area contributed by atoms with Crippen LogP contribution in [0.5, 0.6) is 0 Å². The van der Waals surface area contributed by atoms with E-state index in [1.807, 2.05) is 30.3 Å². The van der Waals surface area contributed by atoms with Crippen LogP contribution in [-0.2, 0) is 22.4 Å². The number of rotatable bonds is 7. The van der Waals surface area contributed by atoms with Gasteiger partial charge in [-0.1, -0.05) is 30.3 Å². The Hall–Kier alpha value is -3.63. The van der Waals surface area contributed by atoms with Crippen LogP contribution in [0.2, 0.25) is 0 Å². The number of nitrogens with zero attached hydrogens (tertiary/aromatic N) is 1. The van der Waals surface area contributed by atoms with E-state index >= 15 is 0 Å². The molecule has 6 nitrogen and oxygen atoms in total. The quantitative estimate of drug-likeness (QED) is 0.243. The highest BCUT2D eigenvalue weighted by atomic mass is 32.1. The number of hydrogen-bond acceptors (Lipinski definition) is 6. The Bertz CT molecular complexity index is 1330. The van der Waals surface area contributed by atoms with Crippen LogP contribution in [0.15, 0.2) is 52.5 Å². The van der Waals surface area contributed by atoms with E-state index in [-0.39, 0.29) is 12.2 Å². The molecular weight excluding hydrogens is 460 g/mol. The zero-order chi connectivity index (χ0) is 24.4. The van der Waals surface area contributed by atoms with Crippen LogP contribution in [0, 0.1) is 11.3 Å². The number of amides is 1. The van der Waals surface area contributed by atoms with Crippen molar-refractivity contribution in [3.8, 4) is 6.07 Å². The Morgan fingerprint density at radius 2 is 1.97 bits per heavy atom. The summed E-state index contributed by atoms with van der Waals surface area (Å²) in [5.41, 5.74) is 2.60. The predicted octanol–water partition coefficient (Wildman–Crippen LogP) is 6.21. The third-order valence-electron chi connectivity index (χ3n) is 6.56. The van der Waals surface area contributed by atoms with E-state index in [4.69, 9.17) is 9.15 Å². The lowest BCUT2D eigenvalue weighted by Crippen LogP contribution is -2.16. The van der Waals surface area contributed by atoms with Gasteiger partial charge in [0, 0.05) is 16.9 Å². The van der Waals surface area contributed by atoms with Gasteiger partial charge in [0.1, 0.15) is 28.2 Å². The minimum absolute atomic E-state index is 0.0810. The second-order valence-electron chi connectivity index (χ2n) is 8.86. The molecule has 2 atom stereocenters. The molecule has 1 N–H and O–H groups in total. The molecule has 2 unspecified atom stereocenters. The maximum absolute atomic E-state index is 13.0. The Morgan fingerprint density at radius 1 is 1.17 bits per heavy atom. The highest BCUT2D eigenvalue weighted by Crippen LogP contribution is 2.54. The number of carbonyl (C=O) groups is 2. The van der Waals surface area contributed by atoms with E-state index in [9.17, 15) is 14.9 Å². The average Bonchev–Trinajstić information content (AvgIpc) is 3.39. The SMILES string of the molecule is CCOC(=O)c1c(NC(=O)/C(C#N)=C/c2ccc(C3CC3c3ccccc3)o2)sc2c1CCCC2. The lowest BCUT2D eigenvalue weighted by atomic mass is 9.95. The number of furan rings is 1. The van der Waals surface area contributed by atoms with Crippen LogP contribution in [0.3, 0.4) is 0 Å². The van der Waals surface area contributed by atoms with Crippen molar-refractivity contribution >= 4 is 34.3 Å². The zero-order valence-corrected chi connectivity index (χ0v) is 20.3. The average molecular weight is 487 g/mol. The van der Waals surface area contributed by atoms with Crippen molar-refractivity contribution < 1.29 is 18.7 Å². The normalized spacial score (nSPS) is 18.9. The molecule has 0 radical (unpaired) electrons. The minimum Gasteiger partial charge on any atom is -0.462 e. The summed E-state index contributed by atoms with van der Waals surface area (Å²) in [5, 5.41) is 12.9.